The van der Waals surface area contributed by atoms with E-state index in [2.05, 4.69) is 33.5 Å². The lowest BCUT2D eigenvalue weighted by Crippen LogP contribution is -2.32. The van der Waals surface area contributed by atoms with E-state index in [0.29, 0.717) is 12.1 Å². The van der Waals surface area contributed by atoms with E-state index in [1.165, 1.54) is 0 Å². The van der Waals surface area contributed by atoms with Crippen molar-refractivity contribution in [2.75, 3.05) is 19.6 Å². The standard InChI is InChI=1S/C12H17BrN2O/c1-2-7-14-8-9-15-12(16)10-5-3-4-6-11(10)13/h3-6,14H,2,7-9H2,1H3,(H,15,16). The second-order valence-electron chi connectivity index (χ2n) is 3.49. The minimum Gasteiger partial charge on any atom is -0.351 e. The first-order valence-electron chi connectivity index (χ1n) is 5.49. The molecular formula is C12H17BrN2O. The number of amides is 1. The molecule has 1 amide bonds. The molecule has 3 nitrogen and oxygen atoms in total. The molecule has 0 heterocycles. The molecular weight excluding hydrogens is 268 g/mol. The Morgan fingerprint density at radius 3 is 2.69 bits per heavy atom. The van der Waals surface area contributed by atoms with Crippen molar-refractivity contribution in [3.05, 3.63) is 34.3 Å². The SMILES string of the molecule is CCCNCCNC(=O)c1ccccc1Br. The predicted molar refractivity (Wildman–Crippen MR) is 69.6 cm³/mol. The van der Waals surface area contributed by atoms with Crippen LogP contribution in [0.25, 0.3) is 0 Å². The third-order valence-electron chi connectivity index (χ3n) is 2.13. The molecule has 0 bridgehead atoms. The number of carbonyl (C=O) groups excluding carboxylic acids is 1. The van der Waals surface area contributed by atoms with Crippen molar-refractivity contribution in [2.24, 2.45) is 0 Å². The van der Waals surface area contributed by atoms with E-state index in [1.54, 1.807) is 6.07 Å². The van der Waals surface area contributed by atoms with Gasteiger partial charge in [-0.05, 0) is 41.0 Å². The van der Waals surface area contributed by atoms with Gasteiger partial charge in [-0.1, -0.05) is 19.1 Å². The summed E-state index contributed by atoms with van der Waals surface area (Å²) < 4.78 is 0.828. The van der Waals surface area contributed by atoms with Gasteiger partial charge in [0.05, 0.1) is 5.56 Å². The van der Waals surface area contributed by atoms with Gasteiger partial charge in [-0.2, -0.15) is 0 Å². The van der Waals surface area contributed by atoms with E-state index in [9.17, 15) is 4.79 Å². The van der Waals surface area contributed by atoms with Crippen molar-refractivity contribution < 1.29 is 4.79 Å². The first-order valence-corrected chi connectivity index (χ1v) is 6.28. The highest BCUT2D eigenvalue weighted by molar-refractivity contribution is 9.10. The number of nitrogens with one attached hydrogen (secondary N) is 2. The predicted octanol–water partition coefficient (Wildman–Crippen LogP) is 2.18. The fourth-order valence-corrected chi connectivity index (χ4v) is 1.77. The molecule has 1 aromatic rings. The van der Waals surface area contributed by atoms with E-state index in [0.717, 1.165) is 24.0 Å². The second kappa shape index (κ2) is 7.41. The highest BCUT2D eigenvalue weighted by Gasteiger charge is 2.07. The molecule has 2 N–H and O–H groups in total. The lowest BCUT2D eigenvalue weighted by Gasteiger charge is -2.07. The summed E-state index contributed by atoms with van der Waals surface area (Å²) in [5.74, 6) is -0.0363. The quantitative estimate of drug-likeness (QED) is 0.787. The molecule has 88 valence electrons. The van der Waals surface area contributed by atoms with Crippen LogP contribution in [-0.2, 0) is 0 Å². The number of hydrogen-bond acceptors (Lipinski definition) is 2. The normalized spacial score (nSPS) is 10.1. The molecule has 0 spiro atoms. The Morgan fingerprint density at radius 1 is 1.25 bits per heavy atom. The highest BCUT2D eigenvalue weighted by Crippen LogP contribution is 2.15. The van der Waals surface area contributed by atoms with Gasteiger partial charge < -0.3 is 10.6 Å². The third-order valence-corrected chi connectivity index (χ3v) is 2.82. The maximum Gasteiger partial charge on any atom is 0.252 e. The smallest absolute Gasteiger partial charge is 0.252 e. The van der Waals surface area contributed by atoms with Crippen LogP contribution in [0.3, 0.4) is 0 Å². The van der Waals surface area contributed by atoms with E-state index < -0.39 is 0 Å². The van der Waals surface area contributed by atoms with Crippen LogP contribution in [0.2, 0.25) is 0 Å². The maximum atomic E-state index is 11.7. The van der Waals surface area contributed by atoms with Crippen LogP contribution in [0, 0.1) is 0 Å². The summed E-state index contributed by atoms with van der Waals surface area (Å²) in [5, 5.41) is 6.10. The van der Waals surface area contributed by atoms with Crippen molar-refractivity contribution in [2.45, 2.75) is 13.3 Å². The number of hydrogen-bond donors (Lipinski definition) is 2. The summed E-state index contributed by atoms with van der Waals surface area (Å²) in [5.41, 5.74) is 0.679. The summed E-state index contributed by atoms with van der Waals surface area (Å²) in [6.07, 6.45) is 1.11. The molecule has 0 aliphatic heterocycles. The molecule has 0 saturated carbocycles. The van der Waals surface area contributed by atoms with E-state index in [-0.39, 0.29) is 5.91 Å². The molecule has 0 atom stereocenters. The van der Waals surface area contributed by atoms with Crippen molar-refractivity contribution in [1.29, 1.82) is 0 Å². The molecule has 0 aliphatic carbocycles. The molecule has 0 aliphatic rings. The molecule has 1 aromatic carbocycles. The van der Waals surface area contributed by atoms with E-state index >= 15 is 0 Å². The summed E-state index contributed by atoms with van der Waals surface area (Å²) in [6, 6.07) is 7.42. The molecule has 0 fully saturated rings. The van der Waals surface area contributed by atoms with Crippen LogP contribution in [-0.4, -0.2) is 25.5 Å². The highest BCUT2D eigenvalue weighted by atomic mass is 79.9. The minimum atomic E-state index is -0.0363. The lowest BCUT2D eigenvalue weighted by atomic mass is 10.2. The van der Waals surface area contributed by atoms with Gasteiger partial charge in [0.2, 0.25) is 0 Å². The largest absolute Gasteiger partial charge is 0.351 e. The van der Waals surface area contributed by atoms with Crippen molar-refractivity contribution >= 4 is 21.8 Å². The van der Waals surface area contributed by atoms with Crippen LogP contribution >= 0.6 is 15.9 Å². The minimum absolute atomic E-state index is 0.0363. The molecule has 0 aromatic heterocycles. The fraction of sp³-hybridized carbons (Fsp3) is 0.417. The fourth-order valence-electron chi connectivity index (χ4n) is 1.31. The Morgan fingerprint density at radius 2 is 2.00 bits per heavy atom. The summed E-state index contributed by atoms with van der Waals surface area (Å²) >= 11 is 3.35. The average Bonchev–Trinajstić information content (AvgIpc) is 2.29. The molecule has 0 unspecified atom stereocenters. The number of halogens is 1. The molecule has 4 heteroatoms. The monoisotopic (exact) mass is 284 g/mol. The second-order valence-corrected chi connectivity index (χ2v) is 4.34. The number of rotatable bonds is 6. The molecule has 0 saturated heterocycles. The molecule has 0 radical (unpaired) electrons. The van der Waals surface area contributed by atoms with Crippen LogP contribution in [0.4, 0.5) is 0 Å². The Balaban J connectivity index is 2.33. The summed E-state index contributed by atoms with van der Waals surface area (Å²) in [6.45, 7) is 4.57. The number of benzene rings is 1. The Labute approximate surface area is 105 Å². The van der Waals surface area contributed by atoms with Crippen LogP contribution in [0.5, 0.6) is 0 Å². The van der Waals surface area contributed by atoms with Crippen molar-refractivity contribution in [1.82, 2.24) is 10.6 Å². The Hall–Kier alpha value is -0.870. The topological polar surface area (TPSA) is 41.1 Å². The summed E-state index contributed by atoms with van der Waals surface area (Å²) in [4.78, 5) is 11.7. The van der Waals surface area contributed by atoms with Gasteiger partial charge in [-0.15, -0.1) is 0 Å². The third kappa shape index (κ3) is 4.33. The molecule has 16 heavy (non-hydrogen) atoms. The lowest BCUT2D eigenvalue weighted by molar-refractivity contribution is 0.0953. The zero-order valence-electron chi connectivity index (χ0n) is 9.42. The van der Waals surface area contributed by atoms with Gasteiger partial charge in [0.1, 0.15) is 0 Å². The van der Waals surface area contributed by atoms with Crippen LogP contribution < -0.4 is 10.6 Å². The average molecular weight is 285 g/mol. The van der Waals surface area contributed by atoms with Crippen LogP contribution in [0.15, 0.2) is 28.7 Å². The summed E-state index contributed by atoms with van der Waals surface area (Å²) in [7, 11) is 0. The van der Waals surface area contributed by atoms with Crippen molar-refractivity contribution in [3.63, 3.8) is 0 Å². The van der Waals surface area contributed by atoms with Crippen molar-refractivity contribution in [3.8, 4) is 0 Å². The van der Waals surface area contributed by atoms with Gasteiger partial charge in [-0.25, -0.2) is 0 Å². The van der Waals surface area contributed by atoms with Gasteiger partial charge in [0.25, 0.3) is 5.91 Å². The zero-order valence-corrected chi connectivity index (χ0v) is 11.0. The Kier molecular flexibility index (Phi) is 6.11. The van der Waals surface area contributed by atoms with E-state index in [1.807, 2.05) is 18.2 Å². The Bertz CT molecular complexity index is 342. The maximum absolute atomic E-state index is 11.7. The zero-order chi connectivity index (χ0) is 11.8. The van der Waals surface area contributed by atoms with Gasteiger partial charge in [-0.3, -0.25) is 4.79 Å². The van der Waals surface area contributed by atoms with Gasteiger partial charge >= 0.3 is 0 Å². The van der Waals surface area contributed by atoms with Gasteiger partial charge in [0.15, 0.2) is 0 Å². The van der Waals surface area contributed by atoms with E-state index in [4.69, 9.17) is 0 Å². The number of carbonyl (C=O) groups is 1. The van der Waals surface area contributed by atoms with Gasteiger partial charge in [0, 0.05) is 17.6 Å². The first kappa shape index (κ1) is 13.2. The van der Waals surface area contributed by atoms with Crippen LogP contribution in [0.1, 0.15) is 23.7 Å². The molecule has 1 rings (SSSR count). The first-order chi connectivity index (χ1) is 7.75.